The summed E-state index contributed by atoms with van der Waals surface area (Å²) in [6.07, 6.45) is 5.12. The quantitative estimate of drug-likeness (QED) is 0.696. The van der Waals surface area contributed by atoms with Gasteiger partial charge >= 0.3 is 0 Å². The highest BCUT2D eigenvalue weighted by Gasteiger charge is 2.26. The van der Waals surface area contributed by atoms with Crippen molar-refractivity contribution in [3.8, 4) is 0 Å². The minimum atomic E-state index is 0.258. The van der Waals surface area contributed by atoms with E-state index in [0.717, 1.165) is 0 Å². The molecule has 0 heterocycles. The minimum Gasteiger partial charge on any atom is -0.327 e. The van der Waals surface area contributed by atoms with Gasteiger partial charge < -0.3 is 5.73 Å². The highest BCUT2D eigenvalue weighted by Crippen LogP contribution is 2.28. The average Bonchev–Trinajstić information content (AvgIpc) is 2.04. The van der Waals surface area contributed by atoms with E-state index in [9.17, 15) is 0 Å². The third-order valence-corrected chi connectivity index (χ3v) is 2.96. The van der Waals surface area contributed by atoms with Crippen LogP contribution in [0.25, 0.3) is 0 Å². The summed E-state index contributed by atoms with van der Waals surface area (Å²) in [5.74, 6) is 0.708. The Kier molecular flexibility index (Phi) is 5.62. The Morgan fingerprint density at radius 3 is 2.00 bits per heavy atom. The predicted octanol–water partition coefficient (Wildman–Crippen LogP) is 3.58. The van der Waals surface area contributed by atoms with Crippen LogP contribution in [-0.4, -0.2) is 6.04 Å². The Morgan fingerprint density at radius 2 is 1.69 bits per heavy atom. The van der Waals surface area contributed by atoms with Crippen LogP contribution in [0, 0.1) is 11.3 Å². The molecule has 0 saturated carbocycles. The number of hydrogen-bond acceptors (Lipinski definition) is 1. The first-order valence-electron chi connectivity index (χ1n) is 5.69. The van der Waals surface area contributed by atoms with Crippen LogP contribution in [0.5, 0.6) is 0 Å². The molecule has 0 aromatic carbocycles. The summed E-state index contributed by atoms with van der Waals surface area (Å²) in [5.41, 5.74) is 6.50. The van der Waals surface area contributed by atoms with Crippen LogP contribution in [0.15, 0.2) is 0 Å². The highest BCUT2D eigenvalue weighted by molar-refractivity contribution is 4.82. The van der Waals surface area contributed by atoms with Crippen LogP contribution in [0.4, 0.5) is 0 Å². The van der Waals surface area contributed by atoms with E-state index in [1.807, 2.05) is 0 Å². The molecule has 0 aliphatic rings. The van der Waals surface area contributed by atoms with Gasteiger partial charge in [0.25, 0.3) is 0 Å². The Bertz CT molecular complexity index is 124. The number of rotatable bonds is 5. The third kappa shape index (κ3) is 4.66. The largest absolute Gasteiger partial charge is 0.327 e. The van der Waals surface area contributed by atoms with Gasteiger partial charge in [-0.25, -0.2) is 0 Å². The summed E-state index contributed by atoms with van der Waals surface area (Å²) in [5, 5.41) is 0. The second kappa shape index (κ2) is 5.64. The molecule has 2 atom stereocenters. The summed E-state index contributed by atoms with van der Waals surface area (Å²) in [4.78, 5) is 0. The van der Waals surface area contributed by atoms with Gasteiger partial charge in [-0.05, 0) is 17.8 Å². The lowest BCUT2D eigenvalue weighted by Gasteiger charge is -2.33. The maximum Gasteiger partial charge on any atom is 0.0116 e. The molecule has 0 amide bonds. The van der Waals surface area contributed by atoms with Crippen LogP contribution in [0.3, 0.4) is 0 Å². The van der Waals surface area contributed by atoms with Crippen molar-refractivity contribution in [1.82, 2.24) is 0 Å². The lowest BCUT2D eigenvalue weighted by molar-refractivity contribution is 0.219. The van der Waals surface area contributed by atoms with Gasteiger partial charge in [0.05, 0.1) is 0 Å². The molecule has 0 aromatic rings. The van der Waals surface area contributed by atoms with E-state index in [2.05, 4.69) is 34.6 Å². The molecule has 1 nitrogen and oxygen atoms in total. The van der Waals surface area contributed by atoms with Gasteiger partial charge in [0.2, 0.25) is 0 Å². The molecular weight excluding hydrogens is 158 g/mol. The number of unbranched alkanes of at least 4 members (excludes halogenated alkanes) is 1. The highest BCUT2D eigenvalue weighted by atomic mass is 14.7. The van der Waals surface area contributed by atoms with E-state index in [1.54, 1.807) is 0 Å². The maximum absolute atomic E-state index is 6.25. The molecule has 80 valence electrons. The van der Waals surface area contributed by atoms with Crippen LogP contribution >= 0.6 is 0 Å². The molecule has 0 saturated heterocycles. The molecule has 0 fully saturated rings. The van der Waals surface area contributed by atoms with E-state index in [4.69, 9.17) is 5.73 Å². The van der Waals surface area contributed by atoms with E-state index < -0.39 is 0 Å². The summed E-state index contributed by atoms with van der Waals surface area (Å²) < 4.78 is 0. The second-order valence-corrected chi connectivity index (χ2v) is 5.20. The Morgan fingerprint density at radius 1 is 1.15 bits per heavy atom. The van der Waals surface area contributed by atoms with Gasteiger partial charge in [-0.1, -0.05) is 53.9 Å². The van der Waals surface area contributed by atoms with Crippen LogP contribution in [0.1, 0.15) is 60.3 Å². The average molecular weight is 185 g/mol. The van der Waals surface area contributed by atoms with Crippen molar-refractivity contribution in [2.75, 3.05) is 0 Å². The number of nitrogens with two attached hydrogens (primary N) is 1. The lowest BCUT2D eigenvalue weighted by Crippen LogP contribution is -2.41. The predicted molar refractivity (Wildman–Crippen MR) is 60.7 cm³/mol. The molecule has 0 radical (unpaired) electrons. The molecule has 0 rings (SSSR count). The topological polar surface area (TPSA) is 26.0 Å². The van der Waals surface area contributed by atoms with Crippen LogP contribution < -0.4 is 5.73 Å². The van der Waals surface area contributed by atoms with Gasteiger partial charge in [0.1, 0.15) is 0 Å². The van der Waals surface area contributed by atoms with Crippen molar-refractivity contribution in [2.24, 2.45) is 17.1 Å². The van der Waals surface area contributed by atoms with Gasteiger partial charge in [-0.3, -0.25) is 0 Å². The van der Waals surface area contributed by atoms with E-state index in [-0.39, 0.29) is 5.41 Å². The van der Waals surface area contributed by atoms with Gasteiger partial charge in [-0.2, -0.15) is 0 Å². The Hall–Kier alpha value is -0.0400. The van der Waals surface area contributed by atoms with E-state index in [1.165, 1.54) is 25.7 Å². The maximum atomic E-state index is 6.25. The van der Waals surface area contributed by atoms with Crippen LogP contribution in [0.2, 0.25) is 0 Å². The third-order valence-electron chi connectivity index (χ3n) is 2.96. The molecule has 0 bridgehead atoms. The van der Waals surface area contributed by atoms with Crippen LogP contribution in [-0.2, 0) is 0 Å². The van der Waals surface area contributed by atoms with E-state index >= 15 is 0 Å². The summed E-state index contributed by atoms with van der Waals surface area (Å²) in [7, 11) is 0. The van der Waals surface area contributed by atoms with Gasteiger partial charge in [-0.15, -0.1) is 0 Å². The first-order valence-corrected chi connectivity index (χ1v) is 5.69. The fourth-order valence-electron chi connectivity index (χ4n) is 1.81. The van der Waals surface area contributed by atoms with Crippen molar-refractivity contribution in [2.45, 2.75) is 66.3 Å². The molecule has 0 aromatic heterocycles. The zero-order valence-electron chi connectivity index (χ0n) is 10.1. The normalized spacial score (nSPS) is 17.1. The van der Waals surface area contributed by atoms with Crippen molar-refractivity contribution < 1.29 is 0 Å². The SMILES string of the molecule is CCCCC(CC)C(N)C(C)(C)C. The fourth-order valence-corrected chi connectivity index (χ4v) is 1.81. The molecule has 2 unspecified atom stereocenters. The van der Waals surface area contributed by atoms with Gasteiger partial charge in [0.15, 0.2) is 0 Å². The smallest absolute Gasteiger partial charge is 0.0116 e. The van der Waals surface area contributed by atoms with Crippen molar-refractivity contribution in [1.29, 1.82) is 0 Å². The first-order chi connectivity index (χ1) is 5.93. The molecule has 0 spiro atoms. The van der Waals surface area contributed by atoms with Crippen molar-refractivity contribution in [3.63, 3.8) is 0 Å². The molecule has 2 N–H and O–H groups in total. The Balaban J connectivity index is 4.07. The Labute approximate surface area is 84.1 Å². The first kappa shape index (κ1) is 13.0. The molecule has 1 heteroatoms. The molecular formula is C12H27N. The zero-order valence-corrected chi connectivity index (χ0v) is 10.1. The molecule has 0 aliphatic carbocycles. The van der Waals surface area contributed by atoms with Gasteiger partial charge in [0, 0.05) is 6.04 Å². The molecule has 13 heavy (non-hydrogen) atoms. The zero-order chi connectivity index (χ0) is 10.5. The monoisotopic (exact) mass is 185 g/mol. The summed E-state index contributed by atoms with van der Waals surface area (Å²) in [6, 6.07) is 0.351. The van der Waals surface area contributed by atoms with Crippen molar-refractivity contribution >= 4 is 0 Å². The molecule has 0 aliphatic heterocycles. The standard InChI is InChI=1S/C12H27N/c1-6-8-9-10(7-2)11(13)12(3,4)5/h10-11H,6-9,13H2,1-5H3. The summed E-state index contributed by atoms with van der Waals surface area (Å²) in [6.45, 7) is 11.2. The fraction of sp³-hybridized carbons (Fsp3) is 1.00. The number of hydrogen-bond donors (Lipinski definition) is 1. The minimum absolute atomic E-state index is 0.258. The van der Waals surface area contributed by atoms with E-state index in [0.29, 0.717) is 12.0 Å². The lowest BCUT2D eigenvalue weighted by atomic mass is 9.76. The second-order valence-electron chi connectivity index (χ2n) is 5.20. The van der Waals surface area contributed by atoms with Crippen molar-refractivity contribution in [3.05, 3.63) is 0 Å². The summed E-state index contributed by atoms with van der Waals surface area (Å²) >= 11 is 0.